The van der Waals surface area contributed by atoms with Gasteiger partial charge in [0.2, 0.25) is 0 Å². The first kappa shape index (κ1) is 13.6. The van der Waals surface area contributed by atoms with Gasteiger partial charge in [-0.1, -0.05) is 6.07 Å². The van der Waals surface area contributed by atoms with E-state index >= 15 is 0 Å². The first-order chi connectivity index (χ1) is 9.15. The Morgan fingerprint density at radius 3 is 2.84 bits per heavy atom. The second-order valence-corrected chi connectivity index (χ2v) is 5.47. The molecular weight excluding hydrogens is 256 g/mol. The lowest BCUT2D eigenvalue weighted by molar-refractivity contribution is 0.0943. The fraction of sp³-hybridized carbons (Fsp3) is 0.267. The zero-order valence-electron chi connectivity index (χ0n) is 11.1. The number of benzene rings is 1. The summed E-state index contributed by atoms with van der Waals surface area (Å²) in [4.78, 5) is 11.9. The number of carbonyl (C=O) groups excluding carboxylic acids is 1. The van der Waals surface area contributed by atoms with E-state index < -0.39 is 0 Å². The Hall–Kier alpha value is -1.81. The minimum atomic E-state index is -0.0332. The van der Waals surface area contributed by atoms with Crippen LogP contribution >= 0.6 is 11.3 Å². The number of amides is 1. The van der Waals surface area contributed by atoms with Crippen LogP contribution in [0, 0.1) is 0 Å². The van der Waals surface area contributed by atoms with Gasteiger partial charge in [-0.15, -0.1) is 0 Å². The van der Waals surface area contributed by atoms with Crippen LogP contribution in [0.3, 0.4) is 0 Å². The van der Waals surface area contributed by atoms with Crippen molar-refractivity contribution in [3.63, 3.8) is 0 Å². The average molecular weight is 274 g/mol. The molecule has 0 fully saturated rings. The summed E-state index contributed by atoms with van der Waals surface area (Å²) in [6.07, 6.45) is 0. The maximum absolute atomic E-state index is 11.9. The fourth-order valence-corrected chi connectivity index (χ4v) is 2.38. The lowest BCUT2D eigenvalue weighted by Gasteiger charge is -2.10. The molecule has 0 atom stereocenters. The van der Waals surface area contributed by atoms with Crippen molar-refractivity contribution in [1.82, 2.24) is 5.32 Å². The van der Waals surface area contributed by atoms with Crippen LogP contribution in [0.25, 0.3) is 0 Å². The largest absolute Gasteiger partial charge is 0.381 e. The van der Waals surface area contributed by atoms with Crippen molar-refractivity contribution in [3.05, 3.63) is 52.2 Å². The first-order valence-electron chi connectivity index (χ1n) is 6.31. The van der Waals surface area contributed by atoms with Crippen molar-refractivity contribution in [3.8, 4) is 0 Å². The second kappa shape index (κ2) is 6.38. The maximum Gasteiger partial charge on any atom is 0.251 e. The molecule has 0 unspecified atom stereocenters. The molecule has 1 aromatic heterocycles. The van der Waals surface area contributed by atoms with E-state index in [0.29, 0.717) is 5.56 Å². The molecule has 2 aromatic rings. The van der Waals surface area contributed by atoms with Gasteiger partial charge in [0.25, 0.3) is 5.91 Å². The lowest BCUT2D eigenvalue weighted by Crippen LogP contribution is -2.30. The average Bonchev–Trinajstić information content (AvgIpc) is 2.89. The van der Waals surface area contributed by atoms with Gasteiger partial charge in [-0.3, -0.25) is 4.79 Å². The molecule has 0 radical (unpaired) electrons. The van der Waals surface area contributed by atoms with E-state index in [1.807, 2.05) is 38.1 Å². The normalized spacial score (nSPS) is 10.5. The number of hydrogen-bond donors (Lipinski definition) is 2. The van der Waals surface area contributed by atoms with Gasteiger partial charge in [-0.2, -0.15) is 11.3 Å². The standard InChI is InChI=1S/C15H18N2OS/c1-11(2)17-15(18)13-4-3-5-14(8-13)16-9-12-6-7-19-10-12/h3-8,10-11,16H,9H2,1-2H3,(H,17,18). The van der Waals surface area contributed by atoms with Crippen molar-refractivity contribution in [2.24, 2.45) is 0 Å². The molecule has 1 heterocycles. The van der Waals surface area contributed by atoms with E-state index in [1.165, 1.54) is 5.56 Å². The summed E-state index contributed by atoms with van der Waals surface area (Å²) in [7, 11) is 0. The smallest absolute Gasteiger partial charge is 0.251 e. The Bertz CT molecular complexity index is 535. The summed E-state index contributed by atoms with van der Waals surface area (Å²) in [5.41, 5.74) is 2.90. The molecule has 100 valence electrons. The zero-order valence-corrected chi connectivity index (χ0v) is 12.0. The highest BCUT2D eigenvalue weighted by Crippen LogP contribution is 2.13. The zero-order chi connectivity index (χ0) is 13.7. The van der Waals surface area contributed by atoms with Gasteiger partial charge < -0.3 is 10.6 Å². The molecule has 0 bridgehead atoms. The van der Waals surface area contributed by atoms with Gasteiger partial charge in [-0.25, -0.2) is 0 Å². The minimum absolute atomic E-state index is 0.0332. The summed E-state index contributed by atoms with van der Waals surface area (Å²) in [5.74, 6) is -0.0332. The van der Waals surface area contributed by atoms with Gasteiger partial charge >= 0.3 is 0 Å². The Morgan fingerprint density at radius 2 is 2.16 bits per heavy atom. The molecule has 2 N–H and O–H groups in total. The molecule has 0 spiro atoms. The Morgan fingerprint density at radius 1 is 1.32 bits per heavy atom. The van der Waals surface area contributed by atoms with Crippen LogP contribution in [0.15, 0.2) is 41.1 Å². The summed E-state index contributed by atoms with van der Waals surface area (Å²) >= 11 is 1.69. The second-order valence-electron chi connectivity index (χ2n) is 4.69. The molecule has 1 amide bonds. The van der Waals surface area contributed by atoms with Gasteiger partial charge in [0.05, 0.1) is 0 Å². The predicted molar refractivity (Wildman–Crippen MR) is 80.7 cm³/mol. The molecule has 0 aliphatic heterocycles. The molecule has 2 rings (SSSR count). The van der Waals surface area contributed by atoms with E-state index in [-0.39, 0.29) is 11.9 Å². The highest BCUT2D eigenvalue weighted by Gasteiger charge is 2.07. The first-order valence-corrected chi connectivity index (χ1v) is 7.25. The highest BCUT2D eigenvalue weighted by atomic mass is 32.1. The summed E-state index contributed by atoms with van der Waals surface area (Å²) in [6.45, 7) is 4.69. The Kier molecular flexibility index (Phi) is 4.58. The molecule has 0 aliphatic rings. The number of carbonyl (C=O) groups is 1. The molecular formula is C15H18N2OS. The SMILES string of the molecule is CC(C)NC(=O)c1cccc(NCc2ccsc2)c1. The van der Waals surface area contributed by atoms with Crippen LogP contribution in [0.4, 0.5) is 5.69 Å². The van der Waals surface area contributed by atoms with E-state index in [2.05, 4.69) is 27.5 Å². The summed E-state index contributed by atoms with van der Waals surface area (Å²) in [5, 5.41) is 10.4. The number of rotatable bonds is 5. The van der Waals surface area contributed by atoms with Crippen molar-refractivity contribution in [2.75, 3.05) is 5.32 Å². The van der Waals surface area contributed by atoms with Gasteiger partial charge in [-0.05, 0) is 54.4 Å². The third kappa shape index (κ3) is 4.10. The number of anilines is 1. The van der Waals surface area contributed by atoms with Crippen LogP contribution in [-0.4, -0.2) is 11.9 Å². The van der Waals surface area contributed by atoms with E-state index in [0.717, 1.165) is 12.2 Å². The van der Waals surface area contributed by atoms with Crippen molar-refractivity contribution < 1.29 is 4.79 Å². The molecule has 0 aliphatic carbocycles. The summed E-state index contributed by atoms with van der Waals surface area (Å²) < 4.78 is 0. The Labute approximate surface area is 117 Å². The van der Waals surface area contributed by atoms with Crippen molar-refractivity contribution in [2.45, 2.75) is 26.4 Å². The number of nitrogens with one attached hydrogen (secondary N) is 2. The maximum atomic E-state index is 11.9. The molecule has 0 saturated carbocycles. The Balaban J connectivity index is 2.00. The quantitative estimate of drug-likeness (QED) is 0.876. The number of hydrogen-bond acceptors (Lipinski definition) is 3. The molecule has 1 aromatic carbocycles. The molecule has 19 heavy (non-hydrogen) atoms. The third-order valence-corrected chi connectivity index (χ3v) is 3.35. The minimum Gasteiger partial charge on any atom is -0.381 e. The molecule has 0 saturated heterocycles. The van der Waals surface area contributed by atoms with Crippen molar-refractivity contribution in [1.29, 1.82) is 0 Å². The summed E-state index contributed by atoms with van der Waals surface area (Å²) in [6, 6.07) is 9.81. The van der Waals surface area contributed by atoms with Crippen LogP contribution < -0.4 is 10.6 Å². The molecule has 3 nitrogen and oxygen atoms in total. The van der Waals surface area contributed by atoms with E-state index in [4.69, 9.17) is 0 Å². The van der Waals surface area contributed by atoms with Crippen LogP contribution in [-0.2, 0) is 6.54 Å². The highest BCUT2D eigenvalue weighted by molar-refractivity contribution is 7.07. The van der Waals surface area contributed by atoms with Crippen molar-refractivity contribution >= 4 is 22.9 Å². The number of thiophene rings is 1. The molecule has 4 heteroatoms. The lowest BCUT2D eigenvalue weighted by atomic mass is 10.1. The van der Waals surface area contributed by atoms with Gasteiger partial charge in [0.15, 0.2) is 0 Å². The van der Waals surface area contributed by atoms with Gasteiger partial charge in [0.1, 0.15) is 0 Å². The fourth-order valence-electron chi connectivity index (χ4n) is 1.71. The van der Waals surface area contributed by atoms with Crippen LogP contribution in [0.1, 0.15) is 29.8 Å². The predicted octanol–water partition coefficient (Wildman–Crippen LogP) is 3.50. The van der Waals surface area contributed by atoms with Crippen LogP contribution in [0.5, 0.6) is 0 Å². The van der Waals surface area contributed by atoms with Gasteiger partial charge in [0, 0.05) is 23.8 Å². The monoisotopic (exact) mass is 274 g/mol. The van der Waals surface area contributed by atoms with E-state index in [9.17, 15) is 4.79 Å². The topological polar surface area (TPSA) is 41.1 Å². The van der Waals surface area contributed by atoms with Crippen LogP contribution in [0.2, 0.25) is 0 Å². The third-order valence-electron chi connectivity index (χ3n) is 2.62. The van der Waals surface area contributed by atoms with E-state index in [1.54, 1.807) is 11.3 Å².